The zero-order valence-electron chi connectivity index (χ0n) is 37.6. The SMILES string of the molecule is CC[C@@H]1C[C@]1(CC(=O)[C@@H]1C[C@@H](Oc2cc(-c3csc(NC(C)C)n3)nc3cc(OC)ccc23)CN1C(=O)[C@@H](CC(=O)OC(C)(C)C)C(C)(C)C)C(=O)NS(=O)(=O)Oc1ccccc1. The summed E-state index contributed by atoms with van der Waals surface area (Å²) < 4.78 is 51.2. The van der Waals surface area contributed by atoms with Crippen molar-refractivity contribution in [2.75, 3.05) is 19.0 Å². The lowest BCUT2D eigenvalue weighted by Crippen LogP contribution is -2.49. The summed E-state index contributed by atoms with van der Waals surface area (Å²) in [6, 6.07) is 14.1. The van der Waals surface area contributed by atoms with Crippen LogP contribution in [0.4, 0.5) is 5.13 Å². The van der Waals surface area contributed by atoms with Gasteiger partial charge in [-0.25, -0.2) is 14.7 Å². The first-order valence-electron chi connectivity index (χ1n) is 21.3. The van der Waals surface area contributed by atoms with Gasteiger partial charge in [0.25, 0.3) is 0 Å². The third-order valence-electron chi connectivity index (χ3n) is 11.3. The van der Waals surface area contributed by atoms with Gasteiger partial charge in [0.15, 0.2) is 10.9 Å². The molecule has 1 saturated carbocycles. The summed E-state index contributed by atoms with van der Waals surface area (Å²) in [4.78, 5) is 68.0. The van der Waals surface area contributed by atoms with Crippen LogP contribution < -0.4 is 23.7 Å². The lowest BCUT2D eigenvalue weighted by Gasteiger charge is -2.35. The van der Waals surface area contributed by atoms with Crippen LogP contribution in [0.25, 0.3) is 22.3 Å². The number of Topliss-reactive ketones (excluding diaryl/α,β-unsaturated/α-hetero) is 1. The molecule has 3 heterocycles. The van der Waals surface area contributed by atoms with Gasteiger partial charge in [0.05, 0.1) is 48.7 Å². The summed E-state index contributed by atoms with van der Waals surface area (Å²) in [5, 5.41) is 6.62. The molecule has 2 N–H and O–H groups in total. The molecular weight excluding hydrogens is 847 g/mol. The van der Waals surface area contributed by atoms with E-state index in [1.54, 1.807) is 64.3 Å². The number of amides is 2. The first-order chi connectivity index (χ1) is 29.5. The minimum absolute atomic E-state index is 0.0136. The molecule has 2 fully saturated rings. The molecule has 0 spiro atoms. The van der Waals surface area contributed by atoms with Gasteiger partial charge in [0.1, 0.15) is 34.6 Å². The van der Waals surface area contributed by atoms with E-state index in [-0.39, 0.29) is 49.9 Å². The number of thiazole rings is 1. The van der Waals surface area contributed by atoms with E-state index in [4.69, 9.17) is 28.4 Å². The second-order valence-corrected chi connectivity index (χ2v) is 20.9. The third kappa shape index (κ3) is 11.5. The van der Waals surface area contributed by atoms with Crippen LogP contribution in [0.15, 0.2) is 60.0 Å². The van der Waals surface area contributed by atoms with E-state index in [0.29, 0.717) is 40.2 Å². The van der Waals surface area contributed by atoms with Crippen LogP contribution in [0, 0.1) is 22.7 Å². The Kier molecular flexibility index (Phi) is 13.8. The Balaban J connectivity index is 1.34. The van der Waals surface area contributed by atoms with E-state index in [0.717, 1.165) is 5.13 Å². The number of carbonyl (C=O) groups excluding carboxylic acids is 4. The highest BCUT2D eigenvalue weighted by atomic mass is 32.2. The minimum Gasteiger partial charge on any atom is -0.497 e. The van der Waals surface area contributed by atoms with Crippen LogP contribution in [-0.4, -0.2) is 84.3 Å². The predicted octanol–water partition coefficient (Wildman–Crippen LogP) is 7.75. The summed E-state index contributed by atoms with van der Waals surface area (Å²) in [7, 11) is -3.03. The van der Waals surface area contributed by atoms with E-state index in [1.807, 2.05) is 53.0 Å². The van der Waals surface area contributed by atoms with Crippen LogP contribution in [0.2, 0.25) is 0 Å². The number of likely N-dealkylation sites (tertiary alicyclic amines) is 1. The molecule has 2 aromatic carbocycles. The number of esters is 1. The summed E-state index contributed by atoms with van der Waals surface area (Å²) in [6.07, 6.45) is -0.432. The average Bonchev–Trinajstić information content (AvgIpc) is 3.45. The Hall–Kier alpha value is -5.29. The Morgan fingerprint density at radius 3 is 2.30 bits per heavy atom. The van der Waals surface area contributed by atoms with Crippen LogP contribution in [-0.2, 0) is 34.2 Å². The molecule has 0 bridgehead atoms. The molecule has 0 unspecified atom stereocenters. The summed E-state index contributed by atoms with van der Waals surface area (Å²) >= 11 is 1.45. The van der Waals surface area contributed by atoms with Gasteiger partial charge in [-0.15, -0.1) is 11.3 Å². The number of nitrogens with one attached hydrogen (secondary N) is 2. The lowest BCUT2D eigenvalue weighted by molar-refractivity contribution is -0.161. The number of fused-ring (bicyclic) bond motifs is 1. The van der Waals surface area contributed by atoms with Crippen molar-refractivity contribution < 1.29 is 46.0 Å². The van der Waals surface area contributed by atoms with Gasteiger partial charge in [-0.2, -0.15) is 8.42 Å². The first kappa shape index (κ1) is 47.2. The van der Waals surface area contributed by atoms with Crippen LogP contribution in [0.3, 0.4) is 0 Å². The van der Waals surface area contributed by atoms with Crippen molar-refractivity contribution in [3.63, 3.8) is 0 Å². The molecule has 2 aromatic heterocycles. The quantitative estimate of drug-likeness (QED) is 0.0979. The molecule has 17 heteroatoms. The van der Waals surface area contributed by atoms with Gasteiger partial charge in [0.2, 0.25) is 11.8 Å². The topological polar surface area (TPSA) is 192 Å². The van der Waals surface area contributed by atoms with E-state index in [9.17, 15) is 27.6 Å². The number of hydrogen-bond acceptors (Lipinski definition) is 14. The third-order valence-corrected chi connectivity index (χ3v) is 13.0. The fourth-order valence-corrected chi connectivity index (χ4v) is 9.81. The Morgan fingerprint density at radius 1 is 0.968 bits per heavy atom. The molecule has 2 aliphatic rings. The van der Waals surface area contributed by atoms with Crippen molar-refractivity contribution in [1.29, 1.82) is 0 Å². The fraction of sp³-hybridized carbons (Fsp3) is 0.522. The number of methoxy groups -OCH3 is 1. The largest absolute Gasteiger partial charge is 0.497 e. The van der Waals surface area contributed by atoms with Gasteiger partial charge in [-0.05, 0) is 76.6 Å². The number of nitrogens with zero attached hydrogens (tertiary/aromatic N) is 3. The van der Waals surface area contributed by atoms with Crippen molar-refractivity contribution in [2.45, 2.75) is 118 Å². The second-order valence-electron chi connectivity index (χ2n) is 18.8. The number of para-hydroxylation sites is 1. The zero-order valence-corrected chi connectivity index (χ0v) is 39.3. The summed E-state index contributed by atoms with van der Waals surface area (Å²) in [6.45, 7) is 16.7. The number of ether oxygens (including phenoxy) is 3. The van der Waals surface area contributed by atoms with Gasteiger partial charge in [-0.1, -0.05) is 52.3 Å². The molecular formula is C46H59N5O10S2. The molecule has 6 rings (SSSR count). The number of pyridine rings is 1. The number of carbonyl (C=O) groups is 4. The molecule has 2 amide bonds. The molecule has 63 heavy (non-hydrogen) atoms. The number of hydrogen-bond donors (Lipinski definition) is 2. The van der Waals surface area contributed by atoms with E-state index >= 15 is 0 Å². The van der Waals surface area contributed by atoms with Gasteiger partial charge >= 0.3 is 16.3 Å². The predicted molar refractivity (Wildman–Crippen MR) is 241 cm³/mol. The smallest absolute Gasteiger partial charge is 0.409 e. The van der Waals surface area contributed by atoms with Gasteiger partial charge in [0, 0.05) is 41.8 Å². The molecule has 5 atom stereocenters. The Morgan fingerprint density at radius 2 is 1.68 bits per heavy atom. The first-order valence-corrected chi connectivity index (χ1v) is 23.5. The van der Waals surface area contributed by atoms with E-state index in [2.05, 4.69) is 10.0 Å². The summed E-state index contributed by atoms with van der Waals surface area (Å²) in [5.74, 6) is -2.39. The highest BCUT2D eigenvalue weighted by molar-refractivity contribution is 7.85. The molecule has 4 aromatic rings. The number of rotatable bonds is 17. The maximum absolute atomic E-state index is 14.9. The van der Waals surface area contributed by atoms with Crippen molar-refractivity contribution in [1.82, 2.24) is 19.6 Å². The van der Waals surface area contributed by atoms with Crippen LogP contribution in [0.5, 0.6) is 17.2 Å². The minimum atomic E-state index is -4.59. The Labute approximate surface area is 373 Å². The fourth-order valence-electron chi connectivity index (χ4n) is 8.12. The van der Waals surface area contributed by atoms with Gasteiger partial charge < -0.3 is 28.6 Å². The molecule has 1 saturated heterocycles. The van der Waals surface area contributed by atoms with Crippen LogP contribution in [0.1, 0.15) is 94.4 Å². The van der Waals surface area contributed by atoms with Crippen molar-refractivity contribution in [3.8, 4) is 28.6 Å². The highest BCUT2D eigenvalue weighted by Gasteiger charge is 2.61. The molecule has 1 aliphatic carbocycles. The Bertz CT molecular complexity index is 2440. The van der Waals surface area contributed by atoms with E-state index in [1.165, 1.54) is 28.4 Å². The molecule has 15 nitrogen and oxygen atoms in total. The maximum Gasteiger partial charge on any atom is 0.409 e. The van der Waals surface area contributed by atoms with E-state index < -0.39 is 68.4 Å². The normalized spacial score (nSPS) is 20.6. The highest BCUT2D eigenvalue weighted by Crippen LogP contribution is 2.58. The standard InChI is InChI=1S/C46H59N5O10S2/c1-11-28-23-46(28,42(55)50-63(56,57)61-29-15-13-12-14-16-29)24-38(52)37-20-31(25-51(37)41(54)33(44(4,5)6)21-40(53)60-45(7,8)9)59-39-22-35(36-26-62-43(49-36)47-27(2)3)48-34-19-30(58-10)17-18-32(34)39/h12-19,22,26-28,31,33,37H,11,20-21,23-25H2,1-10H3,(H,47,49)(H,50,55)/t28-,31-,33-,37+,46-/m1/s1. The number of aromatic nitrogens is 2. The maximum atomic E-state index is 14.9. The molecule has 0 radical (unpaired) electrons. The van der Waals surface area contributed by atoms with Crippen LogP contribution >= 0.6 is 11.3 Å². The average molecular weight is 906 g/mol. The van der Waals surface area contributed by atoms with Crippen molar-refractivity contribution in [3.05, 3.63) is 60.0 Å². The second kappa shape index (κ2) is 18.4. The van der Waals surface area contributed by atoms with Crippen molar-refractivity contribution >= 4 is 61.2 Å². The zero-order chi connectivity index (χ0) is 46.1. The monoisotopic (exact) mass is 905 g/mol. The lowest BCUT2D eigenvalue weighted by atomic mass is 9.77. The van der Waals surface area contributed by atoms with Crippen molar-refractivity contribution in [2.24, 2.45) is 22.7 Å². The number of anilines is 1. The number of benzene rings is 2. The summed E-state index contributed by atoms with van der Waals surface area (Å²) in [5.41, 5.74) is -1.12. The molecule has 340 valence electrons. The van der Waals surface area contributed by atoms with Gasteiger partial charge in [-0.3, -0.25) is 19.2 Å². The number of ketones is 1. The molecule has 1 aliphatic heterocycles.